The van der Waals surface area contributed by atoms with Crippen molar-refractivity contribution in [1.82, 2.24) is 10.3 Å². The number of carbonyl (C=O) groups excluding carboxylic acids is 1. The van der Waals surface area contributed by atoms with Crippen LogP contribution in [0.5, 0.6) is 0 Å². The number of hydrogen-bond donors (Lipinski definition) is 2. The van der Waals surface area contributed by atoms with E-state index in [0.29, 0.717) is 11.4 Å². The van der Waals surface area contributed by atoms with Crippen LogP contribution in [0.4, 0.5) is 5.82 Å². The van der Waals surface area contributed by atoms with Crippen LogP contribution in [0.3, 0.4) is 0 Å². The minimum Gasteiger partial charge on any atom is -0.465 e. The second kappa shape index (κ2) is 6.73. The van der Waals surface area contributed by atoms with Gasteiger partial charge in [-0.2, -0.15) is 0 Å². The Morgan fingerprint density at radius 3 is 2.89 bits per heavy atom. The van der Waals surface area contributed by atoms with E-state index < -0.39 is 0 Å². The van der Waals surface area contributed by atoms with E-state index >= 15 is 0 Å². The van der Waals surface area contributed by atoms with Crippen LogP contribution in [0.2, 0.25) is 0 Å². The number of hydrogen-bond acceptors (Lipinski definition) is 5. The molecule has 1 aromatic rings. The smallest absolute Gasteiger partial charge is 0.341 e. The molecule has 1 aliphatic heterocycles. The first-order valence-corrected chi connectivity index (χ1v) is 6.19. The zero-order chi connectivity index (χ0) is 13.1. The number of pyridine rings is 1. The van der Waals surface area contributed by atoms with Crippen molar-refractivity contribution in [1.29, 1.82) is 0 Å². The maximum Gasteiger partial charge on any atom is 0.341 e. The third kappa shape index (κ3) is 3.36. The first kappa shape index (κ1) is 15.7. The predicted octanol–water partition coefficient (Wildman–Crippen LogP) is 1.76. The van der Waals surface area contributed by atoms with Gasteiger partial charge in [0.2, 0.25) is 0 Å². The quantitative estimate of drug-likeness (QED) is 0.829. The maximum atomic E-state index is 12.0. The summed E-state index contributed by atoms with van der Waals surface area (Å²) in [5, 5.41) is 6.48. The molecule has 0 bridgehead atoms. The van der Waals surface area contributed by atoms with Gasteiger partial charge in [-0.1, -0.05) is 0 Å². The Bertz CT molecular complexity index is 463. The summed E-state index contributed by atoms with van der Waals surface area (Å²) in [5.41, 5.74) is 2.72. The van der Waals surface area contributed by atoms with Crippen LogP contribution < -0.4 is 10.6 Å². The standard InChI is InChI=1S/C13H19N3O2.ClH/c1-8(2)16-12-11(13(17)18-3)10-4-5-14-6-9(10)7-15-12;/h7-8,14H,4-6H2,1-3H3,(H,15,16);1H. The summed E-state index contributed by atoms with van der Waals surface area (Å²) in [6.07, 6.45) is 2.66. The number of esters is 1. The molecule has 2 N–H and O–H groups in total. The third-order valence-corrected chi connectivity index (χ3v) is 2.96. The summed E-state index contributed by atoms with van der Waals surface area (Å²) in [6.45, 7) is 5.67. The van der Waals surface area contributed by atoms with Crippen LogP contribution in [0.15, 0.2) is 6.20 Å². The van der Waals surface area contributed by atoms with Crippen molar-refractivity contribution in [2.45, 2.75) is 32.9 Å². The number of rotatable bonds is 3. The molecule has 0 unspecified atom stereocenters. The molecular weight excluding hydrogens is 266 g/mol. The number of aromatic nitrogens is 1. The van der Waals surface area contributed by atoms with Gasteiger partial charge in [-0.05, 0) is 37.9 Å². The highest BCUT2D eigenvalue weighted by Gasteiger charge is 2.23. The molecule has 0 aromatic carbocycles. The van der Waals surface area contributed by atoms with Crippen LogP contribution in [-0.4, -0.2) is 30.6 Å². The molecule has 2 heterocycles. The Balaban J connectivity index is 0.00000180. The average Bonchev–Trinajstić information content (AvgIpc) is 2.37. The van der Waals surface area contributed by atoms with Crippen LogP contribution in [-0.2, 0) is 17.7 Å². The fraction of sp³-hybridized carbons (Fsp3) is 0.538. The van der Waals surface area contributed by atoms with Gasteiger partial charge in [0.15, 0.2) is 0 Å². The lowest BCUT2D eigenvalue weighted by atomic mass is 9.97. The molecule has 1 aromatic heterocycles. The van der Waals surface area contributed by atoms with Crippen LogP contribution in [0, 0.1) is 0 Å². The zero-order valence-electron chi connectivity index (χ0n) is 11.4. The Kier molecular flexibility index (Phi) is 5.57. The predicted molar refractivity (Wildman–Crippen MR) is 77.0 cm³/mol. The van der Waals surface area contributed by atoms with Gasteiger partial charge in [-0.25, -0.2) is 9.78 Å². The number of carbonyl (C=O) groups is 1. The second-order valence-electron chi connectivity index (χ2n) is 4.70. The van der Waals surface area contributed by atoms with E-state index in [4.69, 9.17) is 4.74 Å². The number of nitrogens with zero attached hydrogens (tertiary/aromatic N) is 1. The topological polar surface area (TPSA) is 63.2 Å². The van der Waals surface area contributed by atoms with E-state index in [9.17, 15) is 4.79 Å². The Labute approximate surface area is 119 Å². The van der Waals surface area contributed by atoms with Crippen molar-refractivity contribution >= 4 is 24.2 Å². The van der Waals surface area contributed by atoms with Gasteiger partial charge >= 0.3 is 5.97 Å². The summed E-state index contributed by atoms with van der Waals surface area (Å²) >= 11 is 0. The molecule has 0 amide bonds. The molecular formula is C13H20ClN3O2. The first-order valence-electron chi connectivity index (χ1n) is 6.19. The number of ether oxygens (including phenoxy) is 1. The molecule has 0 fully saturated rings. The van der Waals surface area contributed by atoms with Gasteiger partial charge in [0.1, 0.15) is 11.4 Å². The monoisotopic (exact) mass is 285 g/mol. The van der Waals surface area contributed by atoms with Crippen molar-refractivity contribution in [2.24, 2.45) is 0 Å². The van der Waals surface area contributed by atoms with Crippen LogP contribution in [0.25, 0.3) is 0 Å². The molecule has 19 heavy (non-hydrogen) atoms. The van der Waals surface area contributed by atoms with Gasteiger partial charge in [-0.15, -0.1) is 12.4 Å². The molecule has 0 atom stereocenters. The lowest BCUT2D eigenvalue weighted by molar-refractivity contribution is 0.0600. The number of nitrogens with one attached hydrogen (secondary N) is 2. The van der Waals surface area contributed by atoms with E-state index in [1.54, 1.807) is 0 Å². The second-order valence-corrected chi connectivity index (χ2v) is 4.70. The van der Waals surface area contributed by atoms with E-state index in [1.165, 1.54) is 7.11 Å². The third-order valence-electron chi connectivity index (χ3n) is 2.96. The fourth-order valence-electron chi connectivity index (χ4n) is 2.17. The summed E-state index contributed by atoms with van der Waals surface area (Å²) in [5.74, 6) is 0.307. The average molecular weight is 286 g/mol. The summed E-state index contributed by atoms with van der Waals surface area (Å²) in [4.78, 5) is 16.3. The van der Waals surface area contributed by atoms with E-state index in [-0.39, 0.29) is 24.4 Å². The SMILES string of the molecule is COC(=O)c1c(NC(C)C)ncc2c1CCNC2.Cl. The molecule has 0 spiro atoms. The Morgan fingerprint density at radius 2 is 2.26 bits per heavy atom. The van der Waals surface area contributed by atoms with Crippen LogP contribution >= 0.6 is 12.4 Å². The van der Waals surface area contributed by atoms with E-state index in [0.717, 1.165) is 30.6 Å². The minimum atomic E-state index is -0.315. The molecule has 0 aliphatic carbocycles. The van der Waals surface area contributed by atoms with E-state index in [2.05, 4.69) is 15.6 Å². The van der Waals surface area contributed by atoms with Crippen molar-refractivity contribution in [3.63, 3.8) is 0 Å². The Hall–Kier alpha value is -1.33. The van der Waals surface area contributed by atoms with Crippen molar-refractivity contribution in [3.8, 4) is 0 Å². The molecule has 0 saturated carbocycles. The number of fused-ring (bicyclic) bond motifs is 1. The van der Waals surface area contributed by atoms with Crippen molar-refractivity contribution < 1.29 is 9.53 Å². The maximum absolute atomic E-state index is 12.0. The largest absolute Gasteiger partial charge is 0.465 e. The van der Waals surface area contributed by atoms with Gasteiger partial charge in [0.05, 0.1) is 7.11 Å². The molecule has 6 heteroatoms. The van der Waals surface area contributed by atoms with Gasteiger partial charge in [0, 0.05) is 18.8 Å². The lowest BCUT2D eigenvalue weighted by Crippen LogP contribution is -2.27. The number of anilines is 1. The molecule has 0 radical (unpaired) electrons. The normalized spacial score (nSPS) is 13.5. The highest BCUT2D eigenvalue weighted by Crippen LogP contribution is 2.25. The molecule has 2 rings (SSSR count). The lowest BCUT2D eigenvalue weighted by Gasteiger charge is -2.22. The van der Waals surface area contributed by atoms with Crippen molar-refractivity contribution in [3.05, 3.63) is 22.9 Å². The van der Waals surface area contributed by atoms with Crippen LogP contribution in [0.1, 0.15) is 35.3 Å². The fourth-order valence-corrected chi connectivity index (χ4v) is 2.17. The first-order chi connectivity index (χ1) is 8.63. The number of halogens is 1. The molecule has 0 saturated heterocycles. The van der Waals surface area contributed by atoms with Gasteiger partial charge in [-0.3, -0.25) is 0 Å². The number of methoxy groups -OCH3 is 1. The summed E-state index contributed by atoms with van der Waals surface area (Å²) in [6, 6.07) is 0.223. The zero-order valence-corrected chi connectivity index (χ0v) is 12.3. The molecule has 1 aliphatic rings. The Morgan fingerprint density at radius 1 is 1.53 bits per heavy atom. The van der Waals surface area contributed by atoms with Crippen molar-refractivity contribution in [2.75, 3.05) is 19.0 Å². The highest BCUT2D eigenvalue weighted by molar-refractivity contribution is 5.96. The van der Waals surface area contributed by atoms with Gasteiger partial charge in [0.25, 0.3) is 0 Å². The molecule has 5 nitrogen and oxygen atoms in total. The molecule has 106 valence electrons. The van der Waals surface area contributed by atoms with E-state index in [1.807, 2.05) is 20.0 Å². The highest BCUT2D eigenvalue weighted by atomic mass is 35.5. The summed E-state index contributed by atoms with van der Waals surface area (Å²) < 4.78 is 4.89. The minimum absolute atomic E-state index is 0. The van der Waals surface area contributed by atoms with Gasteiger partial charge < -0.3 is 15.4 Å². The summed E-state index contributed by atoms with van der Waals surface area (Å²) in [7, 11) is 1.40.